The molecular weight excluding hydrogens is 292 g/mol. The minimum absolute atomic E-state index is 0.343. The SMILES string of the molecule is Cc1cc(C)n(-c2ccc(S[C@@H](C)c3ccccc3)nn2)n1. The van der Waals surface area contributed by atoms with Crippen molar-refractivity contribution >= 4 is 11.8 Å². The Bertz CT molecular complexity index is 750. The van der Waals surface area contributed by atoms with Crippen LogP contribution in [0.5, 0.6) is 0 Å². The molecule has 0 unspecified atom stereocenters. The highest BCUT2D eigenvalue weighted by atomic mass is 32.2. The molecule has 3 rings (SSSR count). The average molecular weight is 310 g/mol. The second-order valence-electron chi connectivity index (χ2n) is 5.24. The quantitative estimate of drug-likeness (QED) is 0.680. The van der Waals surface area contributed by atoms with Gasteiger partial charge in [0.05, 0.1) is 5.69 Å². The number of aryl methyl sites for hydroxylation is 2. The summed E-state index contributed by atoms with van der Waals surface area (Å²) in [4.78, 5) is 0. The number of hydrogen-bond acceptors (Lipinski definition) is 4. The van der Waals surface area contributed by atoms with Crippen LogP contribution in [-0.2, 0) is 0 Å². The van der Waals surface area contributed by atoms with Crippen molar-refractivity contribution in [3.8, 4) is 5.82 Å². The first-order chi connectivity index (χ1) is 10.6. The molecule has 22 heavy (non-hydrogen) atoms. The third-order valence-electron chi connectivity index (χ3n) is 3.42. The summed E-state index contributed by atoms with van der Waals surface area (Å²) in [5, 5.41) is 14.3. The summed E-state index contributed by atoms with van der Waals surface area (Å²) in [6, 6.07) is 16.4. The summed E-state index contributed by atoms with van der Waals surface area (Å²) >= 11 is 1.71. The Morgan fingerprint density at radius 2 is 1.77 bits per heavy atom. The fourth-order valence-electron chi connectivity index (χ4n) is 2.32. The van der Waals surface area contributed by atoms with Crippen molar-refractivity contribution in [1.82, 2.24) is 20.0 Å². The van der Waals surface area contributed by atoms with E-state index in [1.807, 2.05) is 42.8 Å². The van der Waals surface area contributed by atoms with Gasteiger partial charge in [0.15, 0.2) is 5.82 Å². The third kappa shape index (κ3) is 3.20. The maximum Gasteiger partial charge on any atom is 0.175 e. The lowest BCUT2D eigenvalue weighted by Gasteiger charge is -2.10. The van der Waals surface area contributed by atoms with Gasteiger partial charge in [-0.05, 0) is 44.5 Å². The van der Waals surface area contributed by atoms with E-state index in [0.29, 0.717) is 5.25 Å². The van der Waals surface area contributed by atoms with Crippen molar-refractivity contribution in [2.24, 2.45) is 0 Å². The van der Waals surface area contributed by atoms with Crippen LogP contribution < -0.4 is 0 Å². The zero-order valence-corrected chi connectivity index (χ0v) is 13.7. The normalized spacial score (nSPS) is 12.3. The summed E-state index contributed by atoms with van der Waals surface area (Å²) in [6.45, 7) is 6.17. The number of thioether (sulfide) groups is 1. The maximum absolute atomic E-state index is 4.43. The maximum atomic E-state index is 4.43. The van der Waals surface area contributed by atoms with Gasteiger partial charge in [-0.25, -0.2) is 4.68 Å². The Balaban J connectivity index is 1.76. The van der Waals surface area contributed by atoms with Crippen LogP contribution in [0.3, 0.4) is 0 Å². The van der Waals surface area contributed by atoms with E-state index in [9.17, 15) is 0 Å². The fourth-order valence-corrected chi connectivity index (χ4v) is 3.21. The third-order valence-corrected chi connectivity index (χ3v) is 4.50. The molecule has 1 atom stereocenters. The van der Waals surface area contributed by atoms with E-state index in [-0.39, 0.29) is 0 Å². The molecule has 0 amide bonds. The molecular formula is C17H18N4S. The molecule has 5 heteroatoms. The van der Waals surface area contributed by atoms with E-state index in [2.05, 4.69) is 46.5 Å². The molecule has 2 aromatic heterocycles. The number of benzene rings is 1. The largest absolute Gasteiger partial charge is 0.218 e. The molecule has 3 aromatic rings. The minimum Gasteiger partial charge on any atom is -0.218 e. The molecule has 0 spiro atoms. The molecule has 0 bridgehead atoms. The monoisotopic (exact) mass is 310 g/mol. The van der Waals surface area contributed by atoms with Crippen LogP contribution >= 0.6 is 11.8 Å². The zero-order chi connectivity index (χ0) is 15.5. The van der Waals surface area contributed by atoms with Gasteiger partial charge in [-0.1, -0.05) is 42.1 Å². The molecule has 0 saturated carbocycles. The van der Waals surface area contributed by atoms with Gasteiger partial charge in [0, 0.05) is 10.9 Å². The molecule has 112 valence electrons. The Hall–Kier alpha value is -2.14. The van der Waals surface area contributed by atoms with Crippen molar-refractivity contribution in [2.45, 2.75) is 31.0 Å². The Kier molecular flexibility index (Phi) is 4.24. The van der Waals surface area contributed by atoms with Crippen molar-refractivity contribution < 1.29 is 0 Å². The number of hydrogen-bond donors (Lipinski definition) is 0. The summed E-state index contributed by atoms with van der Waals surface area (Å²) in [5.41, 5.74) is 3.33. The van der Waals surface area contributed by atoms with E-state index < -0.39 is 0 Å². The summed E-state index contributed by atoms with van der Waals surface area (Å²) in [6.07, 6.45) is 0. The van der Waals surface area contributed by atoms with Gasteiger partial charge in [0.25, 0.3) is 0 Å². The topological polar surface area (TPSA) is 43.6 Å². The van der Waals surface area contributed by atoms with Gasteiger partial charge in [-0.15, -0.1) is 10.2 Å². The van der Waals surface area contributed by atoms with Gasteiger partial charge in [0.1, 0.15) is 5.03 Å². The van der Waals surface area contributed by atoms with Crippen molar-refractivity contribution in [1.29, 1.82) is 0 Å². The number of nitrogens with zero attached hydrogens (tertiary/aromatic N) is 4. The van der Waals surface area contributed by atoms with E-state index in [1.165, 1.54) is 5.56 Å². The Morgan fingerprint density at radius 3 is 2.36 bits per heavy atom. The molecule has 0 saturated heterocycles. The minimum atomic E-state index is 0.343. The molecule has 1 aromatic carbocycles. The van der Waals surface area contributed by atoms with Gasteiger partial charge in [-0.3, -0.25) is 0 Å². The lowest BCUT2D eigenvalue weighted by molar-refractivity contribution is 0.765. The van der Waals surface area contributed by atoms with Crippen LogP contribution in [0.15, 0.2) is 53.6 Å². The van der Waals surface area contributed by atoms with Gasteiger partial charge in [0.2, 0.25) is 0 Å². The smallest absolute Gasteiger partial charge is 0.175 e. The molecule has 0 aliphatic heterocycles. The first kappa shape index (κ1) is 14.8. The summed E-state index contributed by atoms with van der Waals surface area (Å²) in [5.74, 6) is 0.752. The van der Waals surface area contributed by atoms with E-state index in [1.54, 1.807) is 11.8 Å². The number of aromatic nitrogens is 4. The molecule has 4 nitrogen and oxygen atoms in total. The first-order valence-electron chi connectivity index (χ1n) is 7.22. The molecule has 0 fully saturated rings. The Morgan fingerprint density at radius 1 is 1.00 bits per heavy atom. The van der Waals surface area contributed by atoms with E-state index >= 15 is 0 Å². The lowest BCUT2D eigenvalue weighted by Crippen LogP contribution is -2.03. The predicted molar refractivity (Wildman–Crippen MR) is 89.3 cm³/mol. The highest BCUT2D eigenvalue weighted by Gasteiger charge is 2.10. The average Bonchev–Trinajstić information content (AvgIpc) is 2.87. The van der Waals surface area contributed by atoms with Crippen LogP contribution in [0.1, 0.15) is 29.1 Å². The molecule has 0 aliphatic rings. The van der Waals surface area contributed by atoms with E-state index in [0.717, 1.165) is 22.2 Å². The highest BCUT2D eigenvalue weighted by Crippen LogP contribution is 2.33. The van der Waals surface area contributed by atoms with Gasteiger partial charge in [-0.2, -0.15) is 5.10 Å². The summed E-state index contributed by atoms with van der Waals surface area (Å²) < 4.78 is 1.82. The van der Waals surface area contributed by atoms with Crippen LogP contribution in [0, 0.1) is 13.8 Å². The van der Waals surface area contributed by atoms with Gasteiger partial charge < -0.3 is 0 Å². The van der Waals surface area contributed by atoms with Crippen LogP contribution in [-0.4, -0.2) is 20.0 Å². The van der Waals surface area contributed by atoms with Crippen molar-refractivity contribution in [3.63, 3.8) is 0 Å². The van der Waals surface area contributed by atoms with E-state index in [4.69, 9.17) is 0 Å². The fraction of sp³-hybridized carbons (Fsp3) is 0.235. The first-order valence-corrected chi connectivity index (χ1v) is 8.10. The summed E-state index contributed by atoms with van der Waals surface area (Å²) in [7, 11) is 0. The zero-order valence-electron chi connectivity index (χ0n) is 12.9. The molecule has 0 aliphatic carbocycles. The Labute approximate surface area is 134 Å². The molecule has 0 radical (unpaired) electrons. The van der Waals surface area contributed by atoms with Crippen molar-refractivity contribution in [2.75, 3.05) is 0 Å². The lowest BCUT2D eigenvalue weighted by atomic mass is 10.2. The van der Waals surface area contributed by atoms with Crippen molar-refractivity contribution in [3.05, 3.63) is 65.5 Å². The van der Waals surface area contributed by atoms with Crippen LogP contribution in [0.4, 0.5) is 0 Å². The standard InChI is InChI=1S/C17H18N4S/c1-12-11-13(2)21(20-12)16-9-10-17(19-18-16)22-14(3)15-7-5-4-6-8-15/h4-11,14H,1-3H3/t14-/m0/s1. The predicted octanol–water partition coefficient (Wildman–Crippen LogP) is 4.13. The second kappa shape index (κ2) is 6.32. The second-order valence-corrected chi connectivity index (χ2v) is 6.60. The molecule has 0 N–H and O–H groups in total. The van der Waals surface area contributed by atoms with Crippen LogP contribution in [0.25, 0.3) is 5.82 Å². The van der Waals surface area contributed by atoms with Crippen LogP contribution in [0.2, 0.25) is 0 Å². The van der Waals surface area contributed by atoms with Gasteiger partial charge >= 0.3 is 0 Å². The number of rotatable bonds is 4. The molecule has 2 heterocycles. The highest BCUT2D eigenvalue weighted by molar-refractivity contribution is 7.99.